The molecule has 1 aliphatic heterocycles. The minimum absolute atomic E-state index is 0.115. The van der Waals surface area contributed by atoms with Gasteiger partial charge in [-0.2, -0.15) is 4.98 Å². The van der Waals surface area contributed by atoms with E-state index in [2.05, 4.69) is 14.9 Å². The molecule has 3 aromatic rings. The van der Waals surface area contributed by atoms with Crippen molar-refractivity contribution in [2.24, 2.45) is 0 Å². The molecule has 2 fully saturated rings. The lowest BCUT2D eigenvalue weighted by Gasteiger charge is -2.30. The van der Waals surface area contributed by atoms with E-state index in [1.54, 1.807) is 17.4 Å². The van der Waals surface area contributed by atoms with E-state index in [4.69, 9.17) is 14.5 Å². The van der Waals surface area contributed by atoms with Gasteiger partial charge in [-0.1, -0.05) is 0 Å². The molecule has 0 aromatic carbocycles. The SMILES string of the molecule is Oc1cnc2cc(N3CCOCC3)nc(O[C@H]3CC[C@@H](c4nccs4)CC3)c2c1. The van der Waals surface area contributed by atoms with Crippen LogP contribution in [0, 0.1) is 0 Å². The third-order valence-corrected chi connectivity index (χ3v) is 6.64. The quantitative estimate of drug-likeness (QED) is 0.699. The Labute approximate surface area is 173 Å². The Bertz CT molecular complexity index is 967. The lowest BCUT2D eigenvalue weighted by atomic mass is 9.88. The van der Waals surface area contributed by atoms with Crippen LogP contribution in [0.1, 0.15) is 36.6 Å². The highest BCUT2D eigenvalue weighted by Crippen LogP contribution is 2.37. The predicted octanol–water partition coefficient (Wildman–Crippen LogP) is 3.73. The summed E-state index contributed by atoms with van der Waals surface area (Å²) in [4.78, 5) is 15.9. The number of aromatic nitrogens is 3. The summed E-state index contributed by atoms with van der Waals surface area (Å²) in [7, 11) is 0. The Balaban J connectivity index is 1.38. The molecule has 0 atom stereocenters. The van der Waals surface area contributed by atoms with Crippen molar-refractivity contribution in [2.75, 3.05) is 31.2 Å². The fraction of sp³-hybridized carbons (Fsp3) is 0.476. The number of pyridine rings is 2. The second-order valence-electron chi connectivity index (χ2n) is 7.61. The first-order chi connectivity index (χ1) is 14.3. The van der Waals surface area contributed by atoms with Crippen LogP contribution in [0.3, 0.4) is 0 Å². The molecule has 2 aliphatic rings. The average molecular weight is 413 g/mol. The molecule has 1 N–H and O–H groups in total. The van der Waals surface area contributed by atoms with Gasteiger partial charge in [0.1, 0.15) is 17.7 Å². The summed E-state index contributed by atoms with van der Waals surface area (Å²) in [6.45, 7) is 2.99. The minimum Gasteiger partial charge on any atom is -0.506 e. The number of anilines is 1. The van der Waals surface area contributed by atoms with Crippen molar-refractivity contribution < 1.29 is 14.6 Å². The first-order valence-electron chi connectivity index (χ1n) is 10.1. The molecule has 0 unspecified atom stereocenters. The molecular formula is C21H24N4O3S. The molecule has 1 aliphatic carbocycles. The zero-order valence-corrected chi connectivity index (χ0v) is 17.0. The fourth-order valence-electron chi connectivity index (χ4n) is 4.14. The van der Waals surface area contributed by atoms with Crippen LogP contribution in [-0.4, -0.2) is 52.5 Å². The lowest BCUT2D eigenvalue weighted by Crippen LogP contribution is -2.36. The number of rotatable bonds is 4. The van der Waals surface area contributed by atoms with E-state index < -0.39 is 0 Å². The Kier molecular flexibility index (Phi) is 5.20. The van der Waals surface area contributed by atoms with Crippen LogP contribution in [-0.2, 0) is 4.74 Å². The van der Waals surface area contributed by atoms with E-state index in [9.17, 15) is 5.11 Å². The number of hydrogen-bond donors (Lipinski definition) is 1. The third kappa shape index (κ3) is 4.00. The van der Waals surface area contributed by atoms with Crippen LogP contribution >= 0.6 is 11.3 Å². The van der Waals surface area contributed by atoms with Crippen molar-refractivity contribution in [1.82, 2.24) is 15.0 Å². The maximum atomic E-state index is 9.94. The smallest absolute Gasteiger partial charge is 0.225 e. The zero-order chi connectivity index (χ0) is 19.6. The van der Waals surface area contributed by atoms with Crippen LogP contribution in [0.4, 0.5) is 5.82 Å². The number of thiazole rings is 1. The van der Waals surface area contributed by atoms with E-state index in [0.717, 1.165) is 55.5 Å². The Morgan fingerprint density at radius 3 is 2.69 bits per heavy atom. The van der Waals surface area contributed by atoms with Gasteiger partial charge in [0.2, 0.25) is 5.88 Å². The van der Waals surface area contributed by atoms with Gasteiger partial charge in [0, 0.05) is 36.7 Å². The topological polar surface area (TPSA) is 80.6 Å². The maximum absolute atomic E-state index is 9.94. The fourth-order valence-corrected chi connectivity index (χ4v) is 4.95. The Morgan fingerprint density at radius 2 is 1.93 bits per heavy atom. The largest absolute Gasteiger partial charge is 0.506 e. The van der Waals surface area contributed by atoms with Crippen LogP contribution in [0.5, 0.6) is 11.6 Å². The minimum atomic E-state index is 0.115. The summed E-state index contributed by atoms with van der Waals surface area (Å²) in [6.07, 6.45) is 7.56. The lowest BCUT2D eigenvalue weighted by molar-refractivity contribution is 0.122. The van der Waals surface area contributed by atoms with Gasteiger partial charge >= 0.3 is 0 Å². The molecule has 0 amide bonds. The summed E-state index contributed by atoms with van der Waals surface area (Å²) >= 11 is 1.74. The highest BCUT2D eigenvalue weighted by atomic mass is 32.1. The first-order valence-corrected chi connectivity index (χ1v) is 11.0. The van der Waals surface area contributed by atoms with Gasteiger partial charge < -0.3 is 19.5 Å². The van der Waals surface area contributed by atoms with Crippen molar-refractivity contribution in [3.63, 3.8) is 0 Å². The van der Waals surface area contributed by atoms with Gasteiger partial charge in [-0.15, -0.1) is 11.3 Å². The zero-order valence-electron chi connectivity index (χ0n) is 16.2. The van der Waals surface area contributed by atoms with Crippen LogP contribution in [0.25, 0.3) is 10.9 Å². The molecule has 29 heavy (non-hydrogen) atoms. The highest BCUT2D eigenvalue weighted by molar-refractivity contribution is 7.09. The number of hydrogen-bond acceptors (Lipinski definition) is 8. The average Bonchev–Trinajstić information content (AvgIpc) is 3.30. The van der Waals surface area contributed by atoms with Crippen molar-refractivity contribution in [1.29, 1.82) is 0 Å². The summed E-state index contributed by atoms with van der Waals surface area (Å²) < 4.78 is 11.8. The molecule has 0 radical (unpaired) electrons. The normalized spacial score (nSPS) is 22.7. The number of nitrogens with zero attached hydrogens (tertiary/aromatic N) is 4. The van der Waals surface area contributed by atoms with Crippen LogP contribution < -0.4 is 9.64 Å². The second-order valence-corrected chi connectivity index (χ2v) is 8.53. The number of fused-ring (bicyclic) bond motifs is 1. The molecule has 1 saturated carbocycles. The van der Waals surface area contributed by atoms with Gasteiger partial charge in [0.25, 0.3) is 0 Å². The van der Waals surface area contributed by atoms with E-state index in [0.29, 0.717) is 25.0 Å². The molecular weight excluding hydrogens is 388 g/mol. The summed E-state index contributed by atoms with van der Waals surface area (Å²) in [5.74, 6) is 2.07. The van der Waals surface area contributed by atoms with Gasteiger partial charge in [-0.05, 0) is 31.7 Å². The van der Waals surface area contributed by atoms with Gasteiger partial charge in [0.15, 0.2) is 0 Å². The monoisotopic (exact) mass is 412 g/mol. The maximum Gasteiger partial charge on any atom is 0.225 e. The number of ether oxygens (including phenoxy) is 2. The van der Waals surface area contributed by atoms with Gasteiger partial charge in [-0.3, -0.25) is 4.98 Å². The molecule has 3 aromatic heterocycles. The molecule has 0 bridgehead atoms. The van der Waals surface area contributed by atoms with Crippen LogP contribution in [0.2, 0.25) is 0 Å². The van der Waals surface area contributed by atoms with E-state index in [-0.39, 0.29) is 11.9 Å². The summed E-state index contributed by atoms with van der Waals surface area (Å²) in [5, 5.41) is 14.0. The van der Waals surface area contributed by atoms with E-state index in [1.165, 1.54) is 11.2 Å². The standard InChI is InChI=1S/C21H24N4O3S/c26-15-11-17-18(23-13-15)12-19(25-6-8-27-9-7-25)24-20(17)28-16-3-1-14(2-4-16)21-22-5-10-29-21/h5,10-14,16,26H,1-4,6-9H2/t14-,16+. The Hall–Kier alpha value is -2.45. The molecule has 4 heterocycles. The van der Waals surface area contributed by atoms with Gasteiger partial charge in [0.05, 0.1) is 35.3 Å². The molecule has 0 spiro atoms. The number of aromatic hydroxyl groups is 1. The highest BCUT2D eigenvalue weighted by Gasteiger charge is 2.26. The molecule has 1 saturated heterocycles. The first kappa shape index (κ1) is 18.6. The van der Waals surface area contributed by atoms with Crippen LogP contribution in [0.15, 0.2) is 29.9 Å². The third-order valence-electron chi connectivity index (χ3n) is 5.70. The summed E-state index contributed by atoms with van der Waals surface area (Å²) in [6, 6.07) is 3.65. The van der Waals surface area contributed by atoms with E-state index in [1.807, 2.05) is 17.6 Å². The van der Waals surface area contributed by atoms with E-state index >= 15 is 0 Å². The Morgan fingerprint density at radius 1 is 1.10 bits per heavy atom. The summed E-state index contributed by atoms with van der Waals surface area (Å²) in [5.41, 5.74) is 0.783. The van der Waals surface area contributed by atoms with Crippen molar-refractivity contribution in [3.05, 3.63) is 34.9 Å². The molecule has 152 valence electrons. The second kappa shape index (κ2) is 8.12. The van der Waals surface area contributed by atoms with Crippen molar-refractivity contribution in [3.8, 4) is 11.6 Å². The molecule has 8 heteroatoms. The number of morpholine rings is 1. The predicted molar refractivity (Wildman–Crippen MR) is 112 cm³/mol. The van der Waals surface area contributed by atoms with Crippen molar-refractivity contribution in [2.45, 2.75) is 37.7 Å². The molecule has 5 rings (SSSR count). The van der Waals surface area contributed by atoms with Gasteiger partial charge in [-0.25, -0.2) is 4.98 Å². The molecule has 7 nitrogen and oxygen atoms in total. The van der Waals surface area contributed by atoms with Crippen molar-refractivity contribution >= 4 is 28.1 Å².